The number of hydrogen-bond acceptors (Lipinski definition) is 10. The molecule has 0 N–H and O–H groups in total. The Balaban J connectivity index is 0.00000533. The number of methoxy groups -OCH3 is 2. The van der Waals surface area contributed by atoms with Gasteiger partial charge in [0.2, 0.25) is 0 Å². The third kappa shape index (κ3) is 5.90. The Morgan fingerprint density at radius 1 is 0.492 bits per heavy atom. The van der Waals surface area contributed by atoms with Gasteiger partial charge in [0.25, 0.3) is 11.9 Å². The third-order valence-corrected chi connectivity index (χ3v) is 22.9. The number of rotatable bonds is 7. The second-order valence-corrected chi connectivity index (χ2v) is 25.2. The van der Waals surface area contributed by atoms with Gasteiger partial charge < -0.3 is 18.9 Å². The molecule has 0 amide bonds. The summed E-state index contributed by atoms with van der Waals surface area (Å²) in [6.07, 6.45) is 15.9. The van der Waals surface area contributed by atoms with Crippen molar-refractivity contribution < 1.29 is 68.1 Å². The number of Topliss-reactive ketones (excluding diaryl/α,β-unsaturated/α-hetero) is 2. The van der Waals surface area contributed by atoms with Crippen molar-refractivity contribution >= 4 is 35.4 Å². The van der Waals surface area contributed by atoms with Crippen LogP contribution < -0.4 is 0 Å². The summed E-state index contributed by atoms with van der Waals surface area (Å²) in [6, 6.07) is 0. The van der Waals surface area contributed by atoms with Gasteiger partial charge in [0.05, 0.1) is 26.4 Å². The fourth-order valence-electron chi connectivity index (χ4n) is 19.4. The molecule has 10 nitrogen and oxygen atoms in total. The van der Waals surface area contributed by atoms with Crippen molar-refractivity contribution in [2.24, 2.45) is 90.7 Å². The fourth-order valence-corrected chi connectivity index (χ4v) is 19.4. The molecule has 10 aliphatic rings. The van der Waals surface area contributed by atoms with Crippen LogP contribution in [0.15, 0.2) is 0 Å². The summed E-state index contributed by atoms with van der Waals surface area (Å²) in [5, 5.41) is 0. The largest absolute Gasteiger partial charge is 2.00 e. The first-order chi connectivity index (χ1) is 30.1. The van der Waals surface area contributed by atoms with E-state index in [0.29, 0.717) is 84.6 Å². The number of carbonyl (C=O) groups is 6. The van der Waals surface area contributed by atoms with Crippen molar-refractivity contribution in [2.75, 3.05) is 14.2 Å². The zero-order valence-electron chi connectivity index (χ0n) is 40.9. The first-order valence-electron chi connectivity index (χ1n) is 25.5. The van der Waals surface area contributed by atoms with E-state index >= 15 is 0 Å². The number of esters is 4. The van der Waals surface area contributed by atoms with Crippen LogP contribution in [0, 0.1) is 102 Å². The number of hydrogen-bond donors (Lipinski definition) is 0. The summed E-state index contributed by atoms with van der Waals surface area (Å²) in [6.45, 7) is 16.4. The van der Waals surface area contributed by atoms with Gasteiger partial charge in [-0.1, -0.05) is 66.2 Å². The van der Waals surface area contributed by atoms with Crippen molar-refractivity contribution in [2.45, 2.75) is 183 Å². The zero-order valence-corrected chi connectivity index (χ0v) is 42.5. The number of ether oxygens (including phenoxy) is 4. The Bertz CT molecular complexity index is 1900. The van der Waals surface area contributed by atoms with E-state index in [-0.39, 0.29) is 66.1 Å². The fraction of sp³-hybridized carbons (Fsp3) is 0.852. The number of fused-ring (bicyclic) bond motifs is 10. The molecule has 0 heterocycles. The van der Waals surface area contributed by atoms with E-state index < -0.39 is 45.5 Å². The third-order valence-electron chi connectivity index (χ3n) is 22.9. The SMILES string of the molecule is COC(=O)[C@]1([C@@]2(C(=O)OC)[C-](C(=O)O[C@@H]3CC[C@@]4(C)C(CC[C@@H]5[C@@H]4CC[C@]4(C)C(=O)CC[C@@H]54)C3)C2(C)C)[C-](C(=O)O[C@@H]2CC[C@@]3(C)C(CC[C@@H]4[C@@H]3CC[C@]3(C)C(=O)CC[C@@H]43)C2)C1(C)C.[Pd+2]. The normalized spacial score (nSPS) is 48.4. The van der Waals surface area contributed by atoms with E-state index in [4.69, 9.17) is 18.9 Å². The zero-order chi connectivity index (χ0) is 45.9. The number of carbonyl (C=O) groups excluding carboxylic acids is 6. The summed E-state index contributed by atoms with van der Waals surface area (Å²) >= 11 is 0. The first-order valence-corrected chi connectivity index (χ1v) is 25.5. The Morgan fingerprint density at radius 2 is 0.862 bits per heavy atom. The molecular weight excluding hydrogens is 915 g/mol. The summed E-state index contributed by atoms with van der Waals surface area (Å²) in [5.74, 6) is 2.44. The predicted octanol–water partition coefficient (Wildman–Crippen LogP) is 9.58. The molecule has 0 saturated heterocycles. The molecule has 0 bridgehead atoms. The van der Waals surface area contributed by atoms with E-state index in [2.05, 4.69) is 27.7 Å². The van der Waals surface area contributed by atoms with Crippen LogP contribution in [0.5, 0.6) is 0 Å². The average Bonchev–Trinajstić information content (AvgIpc) is 3.83. The molecule has 16 atom stereocenters. The molecule has 11 heteroatoms. The quantitative estimate of drug-likeness (QED) is 0.105. The van der Waals surface area contributed by atoms with Gasteiger partial charge in [-0.3, -0.25) is 40.6 Å². The van der Waals surface area contributed by atoms with Crippen LogP contribution in [0.2, 0.25) is 0 Å². The van der Waals surface area contributed by atoms with Gasteiger partial charge >= 0.3 is 20.4 Å². The summed E-state index contributed by atoms with van der Waals surface area (Å²) in [5.41, 5.74) is -6.14. The van der Waals surface area contributed by atoms with Crippen LogP contribution in [0.25, 0.3) is 0 Å². The predicted molar refractivity (Wildman–Crippen MR) is 236 cm³/mol. The van der Waals surface area contributed by atoms with Crippen LogP contribution in [0.3, 0.4) is 0 Å². The topological polar surface area (TPSA) is 139 Å². The Kier molecular flexibility index (Phi) is 11.2. The molecule has 10 rings (SSSR count). The molecule has 0 aliphatic heterocycles. The van der Waals surface area contributed by atoms with E-state index in [9.17, 15) is 28.8 Å². The van der Waals surface area contributed by atoms with E-state index in [1.54, 1.807) is 27.7 Å². The molecule has 2 unspecified atom stereocenters. The average molecular weight is 992 g/mol. The maximum atomic E-state index is 14.7. The van der Waals surface area contributed by atoms with Gasteiger partial charge in [0.15, 0.2) is 11.9 Å². The minimum Gasteiger partial charge on any atom is -0.485 e. The van der Waals surface area contributed by atoms with Crippen LogP contribution in [-0.2, 0) is 68.1 Å². The Labute approximate surface area is 401 Å². The molecule has 0 aromatic carbocycles. The monoisotopic (exact) mass is 990 g/mol. The van der Waals surface area contributed by atoms with Crippen LogP contribution >= 0.6 is 0 Å². The smallest absolute Gasteiger partial charge is 0.485 e. The molecule has 10 aliphatic carbocycles. The standard InChI is InChI=1S/C54H76O10.Pd/c1-47(2)41(43(57)63-31-19-23-49(5)29(27-31)11-13-33-35-15-17-39(55)51(35,7)25-21-37(33)49)53(47,45(59)61-9)54(46(60)62-10)42(48(54,3)4)44(58)64-32-20-24-50(6)30(28-32)12-14-34-36-16-18-40(56)52(36,8)26-22-38(34)50;/h29-38H,11-28H2,1-10H3;/q-2;+2/t29?,30?,31-,32-,33+,34+,35+,36+,37+,38+,49+,50+,51+,52+,53-,54-;/m1./s1. The molecule has 0 radical (unpaired) electrons. The molecule has 0 aromatic rings. The van der Waals surface area contributed by atoms with Gasteiger partial charge in [0, 0.05) is 23.7 Å². The van der Waals surface area contributed by atoms with Crippen LogP contribution in [0.4, 0.5) is 0 Å². The van der Waals surface area contributed by atoms with Crippen LogP contribution in [0.1, 0.15) is 171 Å². The van der Waals surface area contributed by atoms with Gasteiger partial charge in [-0.15, -0.1) is 10.8 Å². The van der Waals surface area contributed by atoms with Gasteiger partial charge in [-0.25, -0.2) is 0 Å². The first kappa shape index (κ1) is 47.7. The second kappa shape index (κ2) is 15.3. The number of ketones is 2. The van der Waals surface area contributed by atoms with E-state index in [0.717, 1.165) is 89.9 Å². The van der Waals surface area contributed by atoms with Gasteiger partial charge in [-0.05, 0) is 161 Å². The summed E-state index contributed by atoms with van der Waals surface area (Å²) in [7, 11) is 2.52. The Hall–Kier alpha value is -2.38. The minimum atomic E-state index is -1.83. The van der Waals surface area contributed by atoms with Gasteiger partial charge in [-0.2, -0.15) is 0 Å². The van der Waals surface area contributed by atoms with E-state index in [1.165, 1.54) is 14.2 Å². The molecule has 10 fully saturated rings. The van der Waals surface area contributed by atoms with Crippen molar-refractivity contribution in [1.29, 1.82) is 0 Å². The maximum Gasteiger partial charge on any atom is 2.00 e. The summed E-state index contributed by atoms with van der Waals surface area (Å²) < 4.78 is 24.0. The molecule has 0 aromatic heterocycles. The second-order valence-electron chi connectivity index (χ2n) is 25.2. The van der Waals surface area contributed by atoms with Gasteiger partial charge in [0.1, 0.15) is 11.6 Å². The van der Waals surface area contributed by atoms with Crippen LogP contribution in [-0.4, -0.2) is 61.9 Å². The van der Waals surface area contributed by atoms with E-state index in [1.807, 2.05) is 0 Å². The molecule has 10 saturated carbocycles. The van der Waals surface area contributed by atoms with Crippen molar-refractivity contribution in [3.05, 3.63) is 11.8 Å². The molecule has 65 heavy (non-hydrogen) atoms. The summed E-state index contributed by atoms with van der Waals surface area (Å²) in [4.78, 5) is 84.5. The molecule has 0 spiro atoms. The molecular formula is C54H76O10Pd. The Morgan fingerprint density at radius 3 is 1.22 bits per heavy atom. The van der Waals surface area contributed by atoms with Crippen molar-refractivity contribution in [3.63, 3.8) is 0 Å². The maximum absolute atomic E-state index is 14.7. The molecule has 362 valence electrons. The van der Waals surface area contributed by atoms with Crippen molar-refractivity contribution in [1.82, 2.24) is 0 Å². The van der Waals surface area contributed by atoms with Crippen molar-refractivity contribution in [3.8, 4) is 0 Å². The minimum absolute atomic E-state index is 0.